The van der Waals surface area contributed by atoms with Crippen LogP contribution in [-0.4, -0.2) is 7.11 Å². The molecule has 0 radical (unpaired) electrons. The molecule has 0 heterocycles. The standard InChI is InChI=1S/C15H12Br3FO/c1-8-5-14(20-2)11(7-13(8)17)15(18)10-6-9(19)3-4-12(10)16/h3-7,15H,1-2H3. The van der Waals surface area contributed by atoms with Crippen molar-refractivity contribution in [3.63, 3.8) is 0 Å². The highest BCUT2D eigenvalue weighted by Gasteiger charge is 2.19. The third-order valence-electron chi connectivity index (χ3n) is 3.02. The van der Waals surface area contributed by atoms with E-state index in [0.29, 0.717) is 0 Å². The Morgan fingerprint density at radius 3 is 2.40 bits per heavy atom. The van der Waals surface area contributed by atoms with Crippen LogP contribution < -0.4 is 4.74 Å². The second kappa shape index (κ2) is 6.58. The van der Waals surface area contributed by atoms with Crippen molar-refractivity contribution >= 4 is 47.8 Å². The molecule has 1 nitrogen and oxygen atoms in total. The van der Waals surface area contributed by atoms with Crippen LogP contribution in [-0.2, 0) is 0 Å². The average molecular weight is 467 g/mol. The van der Waals surface area contributed by atoms with Gasteiger partial charge in [-0.2, -0.15) is 0 Å². The van der Waals surface area contributed by atoms with E-state index < -0.39 is 0 Å². The molecule has 0 aliphatic carbocycles. The van der Waals surface area contributed by atoms with Crippen LogP contribution in [0, 0.1) is 12.7 Å². The summed E-state index contributed by atoms with van der Waals surface area (Å²) in [6.07, 6.45) is 0. The Morgan fingerprint density at radius 2 is 1.75 bits per heavy atom. The molecule has 0 aromatic heterocycles. The van der Waals surface area contributed by atoms with Crippen molar-refractivity contribution in [2.45, 2.75) is 11.8 Å². The number of methoxy groups -OCH3 is 1. The van der Waals surface area contributed by atoms with Crippen molar-refractivity contribution in [3.8, 4) is 5.75 Å². The minimum absolute atomic E-state index is 0.167. The van der Waals surface area contributed by atoms with Crippen LogP contribution in [0.5, 0.6) is 5.75 Å². The van der Waals surface area contributed by atoms with Gasteiger partial charge >= 0.3 is 0 Å². The Kier molecular flexibility index (Phi) is 5.26. The zero-order valence-corrected chi connectivity index (χ0v) is 15.6. The van der Waals surface area contributed by atoms with Crippen molar-refractivity contribution in [3.05, 3.63) is 61.8 Å². The van der Waals surface area contributed by atoms with E-state index in [1.54, 1.807) is 13.2 Å². The first-order chi connectivity index (χ1) is 9.43. The van der Waals surface area contributed by atoms with Gasteiger partial charge in [0.1, 0.15) is 11.6 Å². The summed E-state index contributed by atoms with van der Waals surface area (Å²) in [5, 5.41) is 0. The maximum Gasteiger partial charge on any atom is 0.123 e. The van der Waals surface area contributed by atoms with Gasteiger partial charge in [0.15, 0.2) is 0 Å². The van der Waals surface area contributed by atoms with Gasteiger partial charge in [0.2, 0.25) is 0 Å². The third kappa shape index (κ3) is 3.26. The number of benzene rings is 2. The lowest BCUT2D eigenvalue weighted by Gasteiger charge is -2.17. The highest BCUT2D eigenvalue weighted by Crippen LogP contribution is 2.41. The Morgan fingerprint density at radius 1 is 1.05 bits per heavy atom. The van der Waals surface area contributed by atoms with Crippen molar-refractivity contribution in [1.29, 1.82) is 0 Å². The molecule has 0 fully saturated rings. The molecule has 5 heteroatoms. The van der Waals surface area contributed by atoms with Crippen LogP contribution in [0.15, 0.2) is 39.3 Å². The molecule has 0 N–H and O–H groups in total. The number of ether oxygens (including phenoxy) is 1. The van der Waals surface area contributed by atoms with E-state index in [4.69, 9.17) is 4.74 Å². The predicted octanol–water partition coefficient (Wildman–Crippen LogP) is 6.15. The lowest BCUT2D eigenvalue weighted by Crippen LogP contribution is -2.00. The van der Waals surface area contributed by atoms with Gasteiger partial charge in [0.25, 0.3) is 0 Å². The van der Waals surface area contributed by atoms with Gasteiger partial charge < -0.3 is 4.74 Å². The molecule has 2 aromatic rings. The minimum atomic E-state index is -0.266. The molecule has 0 saturated heterocycles. The van der Waals surface area contributed by atoms with E-state index >= 15 is 0 Å². The van der Waals surface area contributed by atoms with Crippen LogP contribution >= 0.6 is 47.8 Å². The summed E-state index contributed by atoms with van der Waals surface area (Å²) in [5.41, 5.74) is 2.85. The molecule has 0 bridgehead atoms. The molecular weight excluding hydrogens is 455 g/mol. The molecule has 2 aromatic carbocycles. The molecule has 0 aliphatic heterocycles. The monoisotopic (exact) mass is 464 g/mol. The molecule has 106 valence electrons. The Labute approximate surface area is 142 Å². The number of aryl methyl sites for hydroxylation is 1. The molecular formula is C15H12Br3FO. The van der Waals surface area contributed by atoms with Crippen LogP contribution in [0.1, 0.15) is 21.5 Å². The summed E-state index contributed by atoms with van der Waals surface area (Å²) >= 11 is 10.6. The summed E-state index contributed by atoms with van der Waals surface area (Å²) in [5.74, 6) is 0.501. The summed E-state index contributed by atoms with van der Waals surface area (Å²) in [7, 11) is 1.63. The van der Waals surface area contributed by atoms with Crippen LogP contribution in [0.2, 0.25) is 0 Å². The molecule has 0 spiro atoms. The zero-order valence-electron chi connectivity index (χ0n) is 10.9. The molecule has 0 saturated carbocycles. The number of rotatable bonds is 3. The van der Waals surface area contributed by atoms with Crippen molar-refractivity contribution in [2.75, 3.05) is 7.11 Å². The first kappa shape index (κ1) is 16.0. The highest BCUT2D eigenvalue weighted by molar-refractivity contribution is 9.11. The SMILES string of the molecule is COc1cc(C)c(Br)cc1C(Br)c1cc(F)ccc1Br. The Hall–Kier alpha value is -0.390. The van der Waals surface area contributed by atoms with E-state index in [-0.39, 0.29) is 10.6 Å². The van der Waals surface area contributed by atoms with Gasteiger partial charge in [-0.05, 0) is 48.4 Å². The van der Waals surface area contributed by atoms with E-state index in [1.807, 2.05) is 19.1 Å². The van der Waals surface area contributed by atoms with Gasteiger partial charge in [-0.15, -0.1) is 0 Å². The molecule has 0 aliphatic rings. The smallest absolute Gasteiger partial charge is 0.123 e. The number of hydrogen-bond donors (Lipinski definition) is 0. The number of hydrogen-bond acceptors (Lipinski definition) is 1. The first-order valence-electron chi connectivity index (χ1n) is 5.87. The second-order valence-electron chi connectivity index (χ2n) is 4.37. The van der Waals surface area contributed by atoms with Gasteiger partial charge in [0, 0.05) is 14.5 Å². The predicted molar refractivity (Wildman–Crippen MR) is 90.3 cm³/mol. The van der Waals surface area contributed by atoms with Crippen molar-refractivity contribution < 1.29 is 9.13 Å². The fraction of sp³-hybridized carbons (Fsp3) is 0.200. The van der Waals surface area contributed by atoms with Gasteiger partial charge in [-0.3, -0.25) is 0 Å². The summed E-state index contributed by atoms with van der Waals surface area (Å²) in [6.45, 7) is 2.00. The normalized spacial score (nSPS) is 12.3. The largest absolute Gasteiger partial charge is 0.496 e. The van der Waals surface area contributed by atoms with Crippen LogP contribution in [0.4, 0.5) is 4.39 Å². The maximum atomic E-state index is 13.5. The highest BCUT2D eigenvalue weighted by atomic mass is 79.9. The summed E-state index contributed by atoms with van der Waals surface area (Å²) < 4.78 is 20.7. The first-order valence-corrected chi connectivity index (χ1v) is 8.37. The van der Waals surface area contributed by atoms with Crippen molar-refractivity contribution in [1.82, 2.24) is 0 Å². The Bertz CT molecular complexity index is 643. The molecule has 2 rings (SSSR count). The van der Waals surface area contributed by atoms with Gasteiger partial charge in [-0.1, -0.05) is 47.8 Å². The maximum absolute atomic E-state index is 13.5. The lowest BCUT2D eigenvalue weighted by atomic mass is 10.0. The fourth-order valence-electron chi connectivity index (χ4n) is 1.92. The number of halogens is 4. The van der Waals surface area contributed by atoms with Crippen LogP contribution in [0.25, 0.3) is 0 Å². The van der Waals surface area contributed by atoms with E-state index in [2.05, 4.69) is 47.8 Å². The van der Waals surface area contributed by atoms with Crippen LogP contribution in [0.3, 0.4) is 0 Å². The average Bonchev–Trinajstić information content (AvgIpc) is 2.43. The minimum Gasteiger partial charge on any atom is -0.496 e. The van der Waals surface area contributed by atoms with E-state index in [1.165, 1.54) is 12.1 Å². The second-order valence-corrected chi connectivity index (χ2v) is 7.00. The molecule has 20 heavy (non-hydrogen) atoms. The van der Waals surface area contributed by atoms with Crippen molar-refractivity contribution in [2.24, 2.45) is 0 Å². The topological polar surface area (TPSA) is 9.23 Å². The molecule has 0 amide bonds. The zero-order chi connectivity index (χ0) is 14.9. The molecule has 1 unspecified atom stereocenters. The number of alkyl halides is 1. The van der Waals surface area contributed by atoms with Gasteiger partial charge in [0.05, 0.1) is 11.9 Å². The van der Waals surface area contributed by atoms with E-state index in [0.717, 1.165) is 31.4 Å². The van der Waals surface area contributed by atoms with Gasteiger partial charge in [-0.25, -0.2) is 4.39 Å². The Balaban J connectivity index is 2.55. The molecule has 1 atom stereocenters. The summed E-state index contributed by atoms with van der Waals surface area (Å²) in [6, 6.07) is 8.59. The third-order valence-corrected chi connectivity index (χ3v) is 5.58. The van der Waals surface area contributed by atoms with E-state index in [9.17, 15) is 4.39 Å². The summed E-state index contributed by atoms with van der Waals surface area (Å²) in [4.78, 5) is -0.167. The lowest BCUT2D eigenvalue weighted by molar-refractivity contribution is 0.410. The quantitative estimate of drug-likeness (QED) is 0.493. The fourth-order valence-corrected chi connectivity index (χ4v) is 3.80.